The van der Waals surface area contributed by atoms with Crippen molar-refractivity contribution in [1.29, 1.82) is 0 Å². The lowest BCUT2D eigenvalue weighted by atomic mass is 9.98. The Labute approximate surface area is 104 Å². The maximum absolute atomic E-state index is 10.2. The van der Waals surface area contributed by atoms with E-state index in [9.17, 15) is 5.11 Å². The van der Waals surface area contributed by atoms with Crippen molar-refractivity contribution in [2.24, 2.45) is 0 Å². The highest BCUT2D eigenvalue weighted by Gasteiger charge is 2.29. The molecule has 0 fully saturated rings. The van der Waals surface area contributed by atoms with Gasteiger partial charge >= 0.3 is 0 Å². The van der Waals surface area contributed by atoms with Crippen molar-refractivity contribution in [2.75, 3.05) is 0 Å². The summed E-state index contributed by atoms with van der Waals surface area (Å²) in [6.45, 7) is 2.01. The van der Waals surface area contributed by atoms with Gasteiger partial charge in [0.25, 0.3) is 0 Å². The maximum atomic E-state index is 10.2. The second-order valence-corrected chi connectivity index (χ2v) is 5.20. The summed E-state index contributed by atoms with van der Waals surface area (Å²) in [6, 6.07) is 5.90. The van der Waals surface area contributed by atoms with E-state index < -0.39 is 6.10 Å². The molecular formula is C13H13NO2S. The first-order valence-corrected chi connectivity index (χ1v) is 6.46. The third-order valence-electron chi connectivity index (χ3n) is 2.96. The van der Waals surface area contributed by atoms with E-state index in [4.69, 9.17) is 4.74 Å². The van der Waals surface area contributed by atoms with Crippen LogP contribution in [0.25, 0.3) is 0 Å². The lowest BCUT2D eigenvalue weighted by Gasteiger charge is -2.28. The highest BCUT2D eigenvalue weighted by molar-refractivity contribution is 7.09. The Balaban J connectivity index is 1.96. The van der Waals surface area contributed by atoms with Gasteiger partial charge in [0.15, 0.2) is 6.10 Å². The largest absolute Gasteiger partial charge is 0.483 e. The summed E-state index contributed by atoms with van der Waals surface area (Å²) in [6.07, 6.45) is 1.75. The number of hydrogen-bond acceptors (Lipinski definition) is 4. The lowest BCUT2D eigenvalue weighted by Crippen LogP contribution is -2.18. The predicted octanol–water partition coefficient (Wildman–Crippen LogP) is 3.01. The third-order valence-corrected chi connectivity index (χ3v) is 3.83. The third kappa shape index (κ3) is 1.94. The van der Waals surface area contributed by atoms with Gasteiger partial charge in [0.05, 0.1) is 6.10 Å². The van der Waals surface area contributed by atoms with Crippen LogP contribution >= 0.6 is 11.3 Å². The van der Waals surface area contributed by atoms with Gasteiger partial charge in [-0.05, 0) is 19.1 Å². The van der Waals surface area contributed by atoms with Crippen LogP contribution in [0.5, 0.6) is 5.75 Å². The number of hydrogen-bond donors (Lipinski definition) is 1. The first kappa shape index (κ1) is 10.7. The van der Waals surface area contributed by atoms with E-state index in [0.29, 0.717) is 6.42 Å². The SMILES string of the molecule is Cc1ccc2c(c1)[C@H](O)CC(c1nccs1)O2. The van der Waals surface area contributed by atoms with Crippen molar-refractivity contribution in [3.05, 3.63) is 45.9 Å². The molecule has 0 saturated heterocycles. The number of aliphatic hydroxyl groups excluding tert-OH is 1. The van der Waals surface area contributed by atoms with Crippen LogP contribution in [0.3, 0.4) is 0 Å². The Hall–Kier alpha value is -1.39. The Bertz CT molecular complexity index is 524. The van der Waals surface area contributed by atoms with Crippen LogP contribution in [0.15, 0.2) is 29.8 Å². The number of aryl methyl sites for hydroxylation is 1. The molecule has 1 aromatic carbocycles. The van der Waals surface area contributed by atoms with Crippen LogP contribution < -0.4 is 4.74 Å². The summed E-state index contributed by atoms with van der Waals surface area (Å²) in [7, 11) is 0. The molecule has 1 N–H and O–H groups in total. The van der Waals surface area contributed by atoms with Crippen molar-refractivity contribution in [1.82, 2.24) is 4.98 Å². The Morgan fingerprint density at radius 3 is 3.12 bits per heavy atom. The van der Waals surface area contributed by atoms with Crippen LogP contribution in [0.4, 0.5) is 0 Å². The molecule has 1 aliphatic rings. The van der Waals surface area contributed by atoms with E-state index in [-0.39, 0.29) is 6.10 Å². The molecule has 4 heteroatoms. The van der Waals surface area contributed by atoms with E-state index in [1.807, 2.05) is 30.5 Å². The van der Waals surface area contributed by atoms with Gasteiger partial charge in [-0.15, -0.1) is 11.3 Å². The molecule has 2 heterocycles. The molecule has 1 aromatic heterocycles. The number of fused-ring (bicyclic) bond motifs is 1. The maximum Gasteiger partial charge on any atom is 0.153 e. The zero-order valence-corrected chi connectivity index (χ0v) is 10.3. The molecule has 0 aliphatic carbocycles. The van der Waals surface area contributed by atoms with Gasteiger partial charge in [0.1, 0.15) is 10.8 Å². The number of ether oxygens (including phenoxy) is 1. The van der Waals surface area contributed by atoms with Gasteiger partial charge in [-0.25, -0.2) is 4.98 Å². The van der Waals surface area contributed by atoms with E-state index in [2.05, 4.69) is 4.98 Å². The fourth-order valence-corrected chi connectivity index (χ4v) is 2.79. The fourth-order valence-electron chi connectivity index (χ4n) is 2.11. The zero-order valence-electron chi connectivity index (χ0n) is 9.46. The Morgan fingerprint density at radius 2 is 2.35 bits per heavy atom. The van der Waals surface area contributed by atoms with Crippen molar-refractivity contribution < 1.29 is 9.84 Å². The quantitative estimate of drug-likeness (QED) is 0.842. The molecule has 1 unspecified atom stereocenters. The van der Waals surface area contributed by atoms with Crippen molar-refractivity contribution in [3.63, 3.8) is 0 Å². The molecule has 17 heavy (non-hydrogen) atoms. The second kappa shape index (κ2) is 4.13. The Morgan fingerprint density at radius 1 is 1.47 bits per heavy atom. The first-order chi connectivity index (χ1) is 8.24. The van der Waals surface area contributed by atoms with Crippen molar-refractivity contribution in [3.8, 4) is 5.75 Å². The van der Waals surface area contributed by atoms with Gasteiger partial charge in [0.2, 0.25) is 0 Å². The van der Waals surface area contributed by atoms with Crippen molar-refractivity contribution in [2.45, 2.75) is 25.6 Å². The molecule has 0 radical (unpaired) electrons. The van der Waals surface area contributed by atoms with Crippen LogP contribution in [0.1, 0.15) is 34.8 Å². The lowest BCUT2D eigenvalue weighted by molar-refractivity contribution is 0.0655. The summed E-state index contributed by atoms with van der Waals surface area (Å²) in [4.78, 5) is 4.25. The smallest absolute Gasteiger partial charge is 0.153 e. The molecule has 3 rings (SSSR count). The number of benzene rings is 1. The molecule has 2 atom stereocenters. The molecule has 0 spiro atoms. The molecule has 1 aliphatic heterocycles. The Kier molecular flexibility index (Phi) is 2.61. The van der Waals surface area contributed by atoms with E-state index in [1.54, 1.807) is 17.5 Å². The van der Waals surface area contributed by atoms with Crippen LogP contribution in [0, 0.1) is 6.92 Å². The average molecular weight is 247 g/mol. The van der Waals surface area contributed by atoms with Crippen molar-refractivity contribution >= 4 is 11.3 Å². The fraction of sp³-hybridized carbons (Fsp3) is 0.308. The zero-order chi connectivity index (χ0) is 11.8. The summed E-state index contributed by atoms with van der Waals surface area (Å²) < 4.78 is 5.89. The topological polar surface area (TPSA) is 42.4 Å². The standard InChI is InChI=1S/C13H13NO2S/c1-8-2-3-11-9(6-8)10(15)7-12(16-11)13-14-4-5-17-13/h2-6,10,12,15H,7H2,1H3/t10-,12?/m1/s1. The molecule has 2 aromatic rings. The predicted molar refractivity (Wildman–Crippen MR) is 66.2 cm³/mol. The van der Waals surface area contributed by atoms with E-state index in [1.165, 1.54) is 0 Å². The number of rotatable bonds is 1. The van der Waals surface area contributed by atoms with Gasteiger partial charge in [-0.1, -0.05) is 11.6 Å². The van der Waals surface area contributed by atoms with Crippen LogP contribution in [0.2, 0.25) is 0 Å². The van der Waals surface area contributed by atoms with Gasteiger partial charge in [-0.3, -0.25) is 0 Å². The molecule has 0 amide bonds. The minimum Gasteiger partial charge on any atom is -0.483 e. The monoisotopic (exact) mass is 247 g/mol. The number of aromatic nitrogens is 1. The number of nitrogens with zero attached hydrogens (tertiary/aromatic N) is 1. The van der Waals surface area contributed by atoms with Gasteiger partial charge < -0.3 is 9.84 Å². The highest BCUT2D eigenvalue weighted by Crippen LogP contribution is 2.41. The number of thiazole rings is 1. The summed E-state index contributed by atoms with van der Waals surface area (Å²) >= 11 is 1.56. The molecule has 0 saturated carbocycles. The summed E-state index contributed by atoms with van der Waals surface area (Å²) in [5.74, 6) is 0.773. The van der Waals surface area contributed by atoms with E-state index in [0.717, 1.165) is 21.9 Å². The highest BCUT2D eigenvalue weighted by atomic mass is 32.1. The first-order valence-electron chi connectivity index (χ1n) is 5.58. The minimum absolute atomic E-state index is 0.125. The molecule has 88 valence electrons. The van der Waals surface area contributed by atoms with Gasteiger partial charge in [0, 0.05) is 23.6 Å². The molecule has 0 bridgehead atoms. The normalized spacial score (nSPS) is 22.9. The van der Waals surface area contributed by atoms with Crippen LogP contribution in [-0.2, 0) is 0 Å². The summed E-state index contributed by atoms with van der Waals surface area (Å²) in [5, 5.41) is 13.0. The second-order valence-electron chi connectivity index (χ2n) is 4.27. The average Bonchev–Trinajstić information content (AvgIpc) is 2.83. The van der Waals surface area contributed by atoms with Gasteiger partial charge in [-0.2, -0.15) is 0 Å². The minimum atomic E-state index is -0.465. The van der Waals surface area contributed by atoms with Crippen LogP contribution in [-0.4, -0.2) is 10.1 Å². The summed E-state index contributed by atoms with van der Waals surface area (Å²) in [5.41, 5.74) is 2.02. The van der Waals surface area contributed by atoms with E-state index >= 15 is 0 Å². The molecular weight excluding hydrogens is 234 g/mol. The molecule has 3 nitrogen and oxygen atoms in total. The number of aliphatic hydroxyl groups is 1.